The summed E-state index contributed by atoms with van der Waals surface area (Å²) in [5.74, 6) is 2.27. The van der Waals surface area contributed by atoms with E-state index < -0.39 is 0 Å². The highest BCUT2D eigenvalue weighted by Gasteiger charge is 2.20. The molecule has 1 aliphatic rings. The van der Waals surface area contributed by atoms with E-state index in [-0.39, 0.29) is 5.91 Å². The molecule has 1 aliphatic heterocycles. The fourth-order valence-electron chi connectivity index (χ4n) is 2.37. The second kappa shape index (κ2) is 7.20. The van der Waals surface area contributed by atoms with Crippen molar-refractivity contribution in [3.63, 3.8) is 0 Å². The molecule has 2 rings (SSSR count). The SMILES string of the molecule is C[C@@H]1CCCN(C(=O)CSCc2ccccc2Cl)C1. The summed E-state index contributed by atoms with van der Waals surface area (Å²) in [5, 5.41) is 0.786. The van der Waals surface area contributed by atoms with E-state index in [1.807, 2.05) is 29.2 Å². The van der Waals surface area contributed by atoms with Gasteiger partial charge in [0, 0.05) is 23.9 Å². The van der Waals surface area contributed by atoms with Gasteiger partial charge < -0.3 is 4.90 Å². The van der Waals surface area contributed by atoms with Gasteiger partial charge in [-0.15, -0.1) is 11.8 Å². The summed E-state index contributed by atoms with van der Waals surface area (Å²) in [6.07, 6.45) is 2.39. The zero-order chi connectivity index (χ0) is 13.7. The molecule has 0 N–H and O–H groups in total. The lowest BCUT2D eigenvalue weighted by Crippen LogP contribution is -2.40. The van der Waals surface area contributed by atoms with Crippen LogP contribution in [0.5, 0.6) is 0 Å². The number of hydrogen-bond acceptors (Lipinski definition) is 2. The maximum Gasteiger partial charge on any atom is 0.232 e. The number of carbonyl (C=O) groups excluding carboxylic acids is 1. The molecule has 1 fully saturated rings. The normalized spacial score (nSPS) is 19.5. The lowest BCUT2D eigenvalue weighted by molar-refractivity contribution is -0.130. The molecule has 1 aromatic carbocycles. The second-order valence-corrected chi connectivity index (χ2v) is 6.56. The molecule has 0 aliphatic carbocycles. The van der Waals surface area contributed by atoms with Gasteiger partial charge in [0.15, 0.2) is 0 Å². The molecule has 1 atom stereocenters. The number of amides is 1. The quantitative estimate of drug-likeness (QED) is 0.842. The molecule has 19 heavy (non-hydrogen) atoms. The van der Waals surface area contributed by atoms with E-state index >= 15 is 0 Å². The molecule has 104 valence electrons. The van der Waals surface area contributed by atoms with Crippen LogP contribution >= 0.6 is 23.4 Å². The van der Waals surface area contributed by atoms with E-state index in [4.69, 9.17) is 11.6 Å². The van der Waals surface area contributed by atoms with Crippen LogP contribution in [0.3, 0.4) is 0 Å². The Morgan fingerprint density at radius 2 is 2.26 bits per heavy atom. The Balaban J connectivity index is 1.76. The fourth-order valence-corrected chi connectivity index (χ4v) is 3.58. The van der Waals surface area contributed by atoms with Gasteiger partial charge in [-0.1, -0.05) is 36.7 Å². The molecule has 1 aromatic rings. The maximum atomic E-state index is 12.1. The highest BCUT2D eigenvalue weighted by molar-refractivity contribution is 7.99. The lowest BCUT2D eigenvalue weighted by Gasteiger charge is -2.30. The van der Waals surface area contributed by atoms with Crippen molar-refractivity contribution < 1.29 is 4.79 Å². The Morgan fingerprint density at radius 3 is 3.00 bits per heavy atom. The van der Waals surface area contributed by atoms with E-state index in [1.165, 1.54) is 6.42 Å². The molecule has 1 heterocycles. The fraction of sp³-hybridized carbons (Fsp3) is 0.533. The molecule has 0 spiro atoms. The Bertz CT molecular complexity index is 438. The smallest absolute Gasteiger partial charge is 0.232 e. The molecular weight excluding hydrogens is 278 g/mol. The monoisotopic (exact) mass is 297 g/mol. The number of piperidine rings is 1. The minimum Gasteiger partial charge on any atom is -0.342 e. The maximum absolute atomic E-state index is 12.1. The van der Waals surface area contributed by atoms with Crippen molar-refractivity contribution in [2.75, 3.05) is 18.8 Å². The van der Waals surface area contributed by atoms with Crippen LogP contribution in [0, 0.1) is 5.92 Å². The van der Waals surface area contributed by atoms with Crippen molar-refractivity contribution in [1.29, 1.82) is 0 Å². The number of thioether (sulfide) groups is 1. The molecule has 0 bridgehead atoms. The van der Waals surface area contributed by atoms with Gasteiger partial charge in [0.05, 0.1) is 5.75 Å². The predicted octanol–water partition coefficient (Wildman–Crippen LogP) is 3.83. The van der Waals surface area contributed by atoms with Gasteiger partial charge in [0.25, 0.3) is 0 Å². The van der Waals surface area contributed by atoms with E-state index in [0.717, 1.165) is 35.8 Å². The number of nitrogens with zero attached hydrogens (tertiary/aromatic N) is 1. The van der Waals surface area contributed by atoms with Crippen LogP contribution in [0.25, 0.3) is 0 Å². The number of benzene rings is 1. The van der Waals surface area contributed by atoms with Crippen LogP contribution in [0.15, 0.2) is 24.3 Å². The number of hydrogen-bond donors (Lipinski definition) is 0. The predicted molar refractivity (Wildman–Crippen MR) is 82.6 cm³/mol. The van der Waals surface area contributed by atoms with Gasteiger partial charge in [-0.25, -0.2) is 0 Å². The van der Waals surface area contributed by atoms with Crippen molar-refractivity contribution in [1.82, 2.24) is 4.90 Å². The highest BCUT2D eigenvalue weighted by Crippen LogP contribution is 2.22. The summed E-state index contributed by atoms with van der Waals surface area (Å²) in [4.78, 5) is 14.1. The molecule has 0 aromatic heterocycles. The molecule has 0 unspecified atom stereocenters. The van der Waals surface area contributed by atoms with Crippen LogP contribution in [0.2, 0.25) is 5.02 Å². The van der Waals surface area contributed by atoms with Gasteiger partial charge in [-0.2, -0.15) is 0 Å². The van der Waals surface area contributed by atoms with Crippen molar-refractivity contribution in [2.45, 2.75) is 25.5 Å². The third kappa shape index (κ3) is 4.43. The van der Waals surface area contributed by atoms with Gasteiger partial charge in [0.2, 0.25) is 5.91 Å². The largest absolute Gasteiger partial charge is 0.342 e. The van der Waals surface area contributed by atoms with Crippen molar-refractivity contribution >= 4 is 29.3 Å². The van der Waals surface area contributed by atoms with Crippen LogP contribution < -0.4 is 0 Å². The first-order chi connectivity index (χ1) is 9.16. The van der Waals surface area contributed by atoms with Crippen molar-refractivity contribution in [3.05, 3.63) is 34.9 Å². The number of rotatable bonds is 4. The minimum atomic E-state index is 0.267. The van der Waals surface area contributed by atoms with Crippen LogP contribution in [0.1, 0.15) is 25.3 Å². The van der Waals surface area contributed by atoms with Gasteiger partial charge in [-0.05, 0) is 30.4 Å². The van der Waals surface area contributed by atoms with E-state index in [0.29, 0.717) is 11.7 Å². The van der Waals surface area contributed by atoms with E-state index in [1.54, 1.807) is 11.8 Å². The molecule has 0 radical (unpaired) electrons. The molecule has 4 heteroatoms. The van der Waals surface area contributed by atoms with Crippen molar-refractivity contribution in [3.8, 4) is 0 Å². The number of likely N-dealkylation sites (tertiary alicyclic amines) is 1. The third-order valence-electron chi connectivity index (χ3n) is 3.45. The van der Waals surface area contributed by atoms with E-state index in [2.05, 4.69) is 6.92 Å². The number of carbonyl (C=O) groups is 1. The first kappa shape index (κ1) is 14.7. The molecule has 0 saturated carbocycles. The second-order valence-electron chi connectivity index (χ2n) is 5.17. The lowest BCUT2D eigenvalue weighted by atomic mass is 10.0. The standard InChI is InChI=1S/C15H20ClNOS/c1-12-5-4-8-17(9-12)15(18)11-19-10-13-6-2-3-7-14(13)16/h2-3,6-7,12H,4-5,8-11H2,1H3/t12-/m1/s1. The first-order valence-corrected chi connectivity index (χ1v) is 8.29. The van der Waals surface area contributed by atoms with Crippen molar-refractivity contribution in [2.24, 2.45) is 5.92 Å². The molecule has 1 amide bonds. The number of halogens is 1. The van der Waals surface area contributed by atoms with Gasteiger partial charge in [0.1, 0.15) is 0 Å². The summed E-state index contributed by atoms with van der Waals surface area (Å²) in [6.45, 7) is 4.07. The topological polar surface area (TPSA) is 20.3 Å². The molecule has 2 nitrogen and oxygen atoms in total. The Hall–Kier alpha value is -0.670. The summed E-state index contributed by atoms with van der Waals surface area (Å²) >= 11 is 7.75. The molecule has 1 saturated heterocycles. The zero-order valence-corrected chi connectivity index (χ0v) is 12.8. The van der Waals surface area contributed by atoms with Crippen LogP contribution in [-0.2, 0) is 10.5 Å². The average molecular weight is 298 g/mol. The minimum absolute atomic E-state index is 0.267. The van der Waals surface area contributed by atoms with Gasteiger partial charge >= 0.3 is 0 Å². The van der Waals surface area contributed by atoms with E-state index in [9.17, 15) is 4.79 Å². The highest BCUT2D eigenvalue weighted by atomic mass is 35.5. The zero-order valence-electron chi connectivity index (χ0n) is 11.3. The Morgan fingerprint density at radius 1 is 1.47 bits per heavy atom. The summed E-state index contributed by atoms with van der Waals surface area (Å²) in [7, 11) is 0. The summed E-state index contributed by atoms with van der Waals surface area (Å²) in [5.41, 5.74) is 1.11. The van der Waals surface area contributed by atoms with Crippen LogP contribution in [-0.4, -0.2) is 29.6 Å². The summed E-state index contributed by atoms with van der Waals surface area (Å²) < 4.78 is 0. The average Bonchev–Trinajstić information content (AvgIpc) is 2.41. The summed E-state index contributed by atoms with van der Waals surface area (Å²) in [6, 6.07) is 7.82. The van der Waals surface area contributed by atoms with Crippen LogP contribution in [0.4, 0.5) is 0 Å². The molecular formula is C15H20ClNOS. The Labute approximate surface area is 124 Å². The first-order valence-electron chi connectivity index (χ1n) is 6.75. The van der Waals surface area contributed by atoms with Gasteiger partial charge in [-0.3, -0.25) is 4.79 Å². The third-order valence-corrected chi connectivity index (χ3v) is 4.79. The Kier molecular flexibility index (Phi) is 5.59.